The number of fused-ring (bicyclic) bond motifs is 1. The van der Waals surface area contributed by atoms with E-state index in [1.54, 1.807) is 30.3 Å². The van der Waals surface area contributed by atoms with Crippen LogP contribution < -0.4 is 0 Å². The molecule has 4 rings (SSSR count). The number of hydrogen-bond donors (Lipinski definition) is 1. The molecule has 4 aromatic rings. The standard InChI is InChI=1S/C20H13F3N2/c21-20(22,23)16-10-4-3-8-14(16)13-7-1-2-9-15(13)19-24-17-11-5-6-12-18(17)25-19/h1-12H,(H,24,25). The molecule has 0 radical (unpaired) electrons. The van der Waals surface area contributed by atoms with Crippen molar-refractivity contribution in [1.29, 1.82) is 0 Å². The minimum Gasteiger partial charge on any atom is -0.338 e. The molecule has 0 atom stereocenters. The van der Waals surface area contributed by atoms with E-state index in [1.165, 1.54) is 12.1 Å². The molecule has 1 N–H and O–H groups in total. The van der Waals surface area contributed by atoms with Gasteiger partial charge in [-0.15, -0.1) is 0 Å². The maximum absolute atomic E-state index is 13.4. The summed E-state index contributed by atoms with van der Waals surface area (Å²) in [5.74, 6) is 0.550. The number of aromatic nitrogens is 2. The average Bonchev–Trinajstić information content (AvgIpc) is 3.05. The molecule has 0 saturated carbocycles. The van der Waals surface area contributed by atoms with Crippen LogP contribution in [0.2, 0.25) is 0 Å². The van der Waals surface area contributed by atoms with Crippen molar-refractivity contribution in [3.8, 4) is 22.5 Å². The van der Waals surface area contributed by atoms with Crippen LogP contribution in [0.1, 0.15) is 5.56 Å². The fraction of sp³-hybridized carbons (Fsp3) is 0.0500. The first-order valence-corrected chi connectivity index (χ1v) is 7.75. The summed E-state index contributed by atoms with van der Waals surface area (Å²) in [6.45, 7) is 0. The third-order valence-electron chi connectivity index (χ3n) is 4.09. The highest BCUT2D eigenvalue weighted by Crippen LogP contribution is 2.40. The minimum atomic E-state index is -4.42. The molecule has 0 saturated heterocycles. The molecular weight excluding hydrogens is 325 g/mol. The van der Waals surface area contributed by atoms with Crippen molar-refractivity contribution >= 4 is 11.0 Å². The minimum absolute atomic E-state index is 0.144. The molecule has 1 aromatic heterocycles. The second-order valence-electron chi connectivity index (χ2n) is 5.69. The number of H-pyrrole nitrogens is 1. The van der Waals surface area contributed by atoms with Crippen molar-refractivity contribution in [2.45, 2.75) is 6.18 Å². The van der Waals surface area contributed by atoms with Crippen molar-refractivity contribution in [3.05, 3.63) is 78.4 Å². The van der Waals surface area contributed by atoms with Gasteiger partial charge in [-0.25, -0.2) is 4.98 Å². The second kappa shape index (κ2) is 5.77. The molecule has 124 valence electrons. The smallest absolute Gasteiger partial charge is 0.338 e. The first kappa shape index (κ1) is 15.4. The molecule has 3 aromatic carbocycles. The molecule has 0 aliphatic rings. The van der Waals surface area contributed by atoms with Gasteiger partial charge in [-0.05, 0) is 29.3 Å². The van der Waals surface area contributed by atoms with Crippen LogP contribution in [-0.2, 0) is 6.18 Å². The summed E-state index contributed by atoms with van der Waals surface area (Å²) in [5, 5.41) is 0. The van der Waals surface area contributed by atoms with Crippen LogP contribution in [0, 0.1) is 0 Å². The monoisotopic (exact) mass is 338 g/mol. The number of nitrogens with zero attached hydrogens (tertiary/aromatic N) is 1. The van der Waals surface area contributed by atoms with Gasteiger partial charge in [-0.1, -0.05) is 54.6 Å². The molecule has 0 amide bonds. The van der Waals surface area contributed by atoms with Crippen molar-refractivity contribution in [3.63, 3.8) is 0 Å². The van der Waals surface area contributed by atoms with E-state index in [-0.39, 0.29) is 5.56 Å². The van der Waals surface area contributed by atoms with E-state index in [4.69, 9.17) is 0 Å². The lowest BCUT2D eigenvalue weighted by Gasteiger charge is -2.15. The Labute approximate surface area is 142 Å². The Morgan fingerprint density at radius 3 is 2.00 bits per heavy atom. The molecule has 2 nitrogen and oxygen atoms in total. The Kier molecular flexibility index (Phi) is 3.57. The zero-order valence-corrected chi connectivity index (χ0v) is 13.0. The third kappa shape index (κ3) is 2.78. The van der Waals surface area contributed by atoms with Gasteiger partial charge in [0.2, 0.25) is 0 Å². The van der Waals surface area contributed by atoms with Gasteiger partial charge in [0.1, 0.15) is 5.82 Å². The van der Waals surface area contributed by atoms with Crippen molar-refractivity contribution in [2.24, 2.45) is 0 Å². The lowest BCUT2D eigenvalue weighted by atomic mass is 9.95. The van der Waals surface area contributed by atoms with E-state index in [2.05, 4.69) is 9.97 Å². The zero-order chi connectivity index (χ0) is 17.4. The van der Waals surface area contributed by atoms with Gasteiger partial charge >= 0.3 is 6.18 Å². The van der Waals surface area contributed by atoms with Crippen LogP contribution >= 0.6 is 0 Å². The number of nitrogens with one attached hydrogen (secondary N) is 1. The van der Waals surface area contributed by atoms with Crippen LogP contribution in [-0.4, -0.2) is 9.97 Å². The predicted octanol–water partition coefficient (Wildman–Crippen LogP) is 5.92. The molecule has 1 heterocycles. The van der Waals surface area contributed by atoms with Crippen LogP contribution in [0.5, 0.6) is 0 Å². The van der Waals surface area contributed by atoms with Gasteiger partial charge in [0, 0.05) is 5.56 Å². The van der Waals surface area contributed by atoms with Crippen molar-refractivity contribution in [1.82, 2.24) is 9.97 Å². The SMILES string of the molecule is FC(F)(F)c1ccccc1-c1ccccc1-c1nc2ccccc2[nH]1. The molecule has 5 heteroatoms. The Balaban J connectivity index is 1.94. The predicted molar refractivity (Wildman–Crippen MR) is 92.0 cm³/mol. The maximum Gasteiger partial charge on any atom is 0.417 e. The summed E-state index contributed by atoms with van der Waals surface area (Å²) in [6, 6.07) is 20.1. The number of rotatable bonds is 2. The Bertz CT molecular complexity index is 1010. The normalized spacial score (nSPS) is 11.8. The fourth-order valence-corrected chi connectivity index (χ4v) is 2.97. The van der Waals surface area contributed by atoms with Gasteiger partial charge < -0.3 is 4.98 Å². The number of aromatic amines is 1. The van der Waals surface area contributed by atoms with E-state index in [0.717, 1.165) is 17.1 Å². The highest BCUT2D eigenvalue weighted by Gasteiger charge is 2.33. The Morgan fingerprint density at radius 1 is 0.680 bits per heavy atom. The molecule has 25 heavy (non-hydrogen) atoms. The maximum atomic E-state index is 13.4. The Morgan fingerprint density at radius 2 is 1.28 bits per heavy atom. The summed E-state index contributed by atoms with van der Waals surface area (Å²) in [7, 11) is 0. The number of hydrogen-bond acceptors (Lipinski definition) is 1. The first-order chi connectivity index (χ1) is 12.0. The number of alkyl halides is 3. The third-order valence-corrected chi connectivity index (χ3v) is 4.09. The van der Waals surface area contributed by atoms with Gasteiger partial charge in [-0.2, -0.15) is 13.2 Å². The molecule has 0 bridgehead atoms. The summed E-state index contributed by atoms with van der Waals surface area (Å²) in [6.07, 6.45) is -4.42. The summed E-state index contributed by atoms with van der Waals surface area (Å²) in [5.41, 5.74) is 2.24. The number of imidazole rings is 1. The summed E-state index contributed by atoms with van der Waals surface area (Å²) >= 11 is 0. The molecule has 0 spiro atoms. The van der Waals surface area contributed by atoms with Gasteiger partial charge in [-0.3, -0.25) is 0 Å². The highest BCUT2D eigenvalue weighted by molar-refractivity contribution is 5.86. The lowest BCUT2D eigenvalue weighted by molar-refractivity contribution is -0.137. The molecule has 0 unspecified atom stereocenters. The first-order valence-electron chi connectivity index (χ1n) is 7.75. The highest BCUT2D eigenvalue weighted by atomic mass is 19.4. The van der Waals surface area contributed by atoms with E-state index >= 15 is 0 Å². The molecule has 0 aliphatic heterocycles. The van der Waals surface area contributed by atoms with Gasteiger partial charge in [0.05, 0.1) is 16.6 Å². The van der Waals surface area contributed by atoms with Gasteiger partial charge in [0.15, 0.2) is 0 Å². The summed E-state index contributed by atoms with van der Waals surface area (Å²) in [4.78, 5) is 7.71. The van der Waals surface area contributed by atoms with Crippen LogP contribution in [0.15, 0.2) is 72.8 Å². The zero-order valence-electron chi connectivity index (χ0n) is 13.0. The molecule has 0 aliphatic carbocycles. The lowest BCUT2D eigenvalue weighted by Crippen LogP contribution is -2.07. The Hall–Kier alpha value is -3.08. The average molecular weight is 338 g/mol. The van der Waals surface area contributed by atoms with E-state index in [0.29, 0.717) is 17.0 Å². The number of halogens is 3. The van der Waals surface area contributed by atoms with E-state index in [9.17, 15) is 13.2 Å². The second-order valence-corrected chi connectivity index (χ2v) is 5.69. The fourth-order valence-electron chi connectivity index (χ4n) is 2.97. The van der Waals surface area contributed by atoms with Crippen LogP contribution in [0.3, 0.4) is 0 Å². The van der Waals surface area contributed by atoms with Crippen molar-refractivity contribution in [2.75, 3.05) is 0 Å². The number of benzene rings is 3. The molecular formula is C20H13F3N2. The van der Waals surface area contributed by atoms with Gasteiger partial charge in [0.25, 0.3) is 0 Å². The van der Waals surface area contributed by atoms with Crippen LogP contribution in [0.25, 0.3) is 33.5 Å². The topological polar surface area (TPSA) is 28.7 Å². The van der Waals surface area contributed by atoms with E-state index in [1.807, 2.05) is 24.3 Å². The largest absolute Gasteiger partial charge is 0.417 e. The van der Waals surface area contributed by atoms with Crippen LogP contribution in [0.4, 0.5) is 13.2 Å². The van der Waals surface area contributed by atoms with E-state index < -0.39 is 11.7 Å². The summed E-state index contributed by atoms with van der Waals surface area (Å²) < 4.78 is 40.2. The quantitative estimate of drug-likeness (QED) is 0.483. The van der Waals surface area contributed by atoms with Crippen molar-refractivity contribution < 1.29 is 13.2 Å². The number of para-hydroxylation sites is 2. The molecule has 0 fully saturated rings.